The molecule has 24 nitrogen and oxygen atoms in total. The molecule has 0 spiro atoms. The van der Waals surface area contributed by atoms with E-state index in [9.17, 15) is 80.1 Å². The van der Waals surface area contributed by atoms with Crippen molar-refractivity contribution in [3.05, 3.63) is 130 Å². The van der Waals surface area contributed by atoms with Crippen LogP contribution >= 0.6 is 0 Å². The number of esters is 2. The summed E-state index contributed by atoms with van der Waals surface area (Å²) >= 11 is 0. The van der Waals surface area contributed by atoms with Crippen LogP contribution in [0.25, 0.3) is 0 Å². The summed E-state index contributed by atoms with van der Waals surface area (Å²) in [5, 5.41) is -4.27. The molecule has 5 aromatic rings. The maximum absolute atomic E-state index is 15.6. The van der Waals surface area contributed by atoms with Crippen molar-refractivity contribution in [3.8, 4) is 11.5 Å². The summed E-state index contributed by atoms with van der Waals surface area (Å²) in [7, 11) is -10.5. The molecule has 0 unspecified atom stereocenters. The number of nitrogen functional groups attached to an aromatic ring is 1. The first-order valence-electron chi connectivity index (χ1n) is 35.0. The number of carbonyl (C=O) groups is 4. The second-order valence-corrected chi connectivity index (χ2v) is 40.8. The van der Waals surface area contributed by atoms with Crippen molar-refractivity contribution in [1.82, 2.24) is 24.9 Å². The van der Waals surface area contributed by atoms with E-state index >= 15 is 8.78 Å². The van der Waals surface area contributed by atoms with E-state index < -0.39 is 222 Å². The second kappa shape index (κ2) is 30.7. The van der Waals surface area contributed by atoms with Gasteiger partial charge in [-0.3, -0.25) is 44.1 Å². The van der Waals surface area contributed by atoms with Gasteiger partial charge in [0.2, 0.25) is 0 Å². The number of aromatic nitrogens is 5. The molecule has 6 aliphatic heterocycles. The summed E-state index contributed by atoms with van der Waals surface area (Å²) in [5.41, 5.74) is 3.50. The Hall–Kier alpha value is -8.82. The normalized spacial score (nSPS) is 28.1. The topological polar surface area (TPSA) is 347 Å². The quantitative estimate of drug-likeness (QED) is 0.0496. The Morgan fingerprint density at radius 1 is 0.460 bits per heavy atom. The van der Waals surface area contributed by atoms with E-state index in [1.54, 1.807) is 55.4 Å². The van der Waals surface area contributed by atoms with Gasteiger partial charge in [0.05, 0.1) is 92.5 Å². The van der Waals surface area contributed by atoms with Gasteiger partial charge in [-0.05, 0) is 165 Å². The third-order valence-electron chi connectivity index (χ3n) is 20.0. The third-order valence-corrected chi connectivity index (χ3v) is 30.8. The number of ketones is 2. The van der Waals surface area contributed by atoms with Gasteiger partial charge < -0.3 is 30.4 Å². The Bertz CT molecular complexity index is 5090. The monoisotopic (exact) mass is 1660 g/mol. The van der Waals surface area contributed by atoms with Crippen molar-refractivity contribution in [2.24, 2.45) is 33.8 Å². The zero-order chi connectivity index (χ0) is 84.6. The molecule has 5 aromatic heterocycles. The average Bonchev–Trinajstić information content (AvgIpc) is 0.692. The number of carbonyl (C=O) groups excluding carboxylic acids is 4. The lowest BCUT2D eigenvalue weighted by Gasteiger charge is -2.49. The first kappa shape index (κ1) is 88.1. The van der Waals surface area contributed by atoms with E-state index in [0.717, 1.165) is 42.7 Å². The number of hydrogen-bond acceptors (Lipinski definition) is 24. The molecule has 6 aliphatic rings. The number of nitrogens with zero attached hydrogens (tertiary/aromatic N) is 11. The average molecular weight is 1660 g/mol. The van der Waals surface area contributed by atoms with Gasteiger partial charge in [-0.25, -0.2) is 80.2 Å². The largest absolute Gasteiger partial charge is 0.460 e. The van der Waals surface area contributed by atoms with Crippen LogP contribution < -0.4 is 20.9 Å². The minimum Gasteiger partial charge on any atom is -0.460 e. The molecule has 4 N–H and O–H groups in total. The number of nitrogens with two attached hydrogens (primary N) is 2. The zero-order valence-corrected chi connectivity index (χ0v) is 66.5. The van der Waals surface area contributed by atoms with E-state index in [1.165, 1.54) is 78.8 Å². The van der Waals surface area contributed by atoms with Crippen LogP contribution in [0, 0.1) is 17.5 Å². The highest BCUT2D eigenvalue weighted by atomic mass is 32.2. The summed E-state index contributed by atoms with van der Waals surface area (Å²) < 4.78 is 253. The maximum atomic E-state index is 15.6. The summed E-state index contributed by atoms with van der Waals surface area (Å²) in [5.74, 6) is -15.8. The molecule has 9 atom stereocenters. The summed E-state index contributed by atoms with van der Waals surface area (Å²) in [6, 6.07) is 11.4. The number of anilines is 1. The fourth-order valence-electron chi connectivity index (χ4n) is 14.0. The lowest BCUT2D eigenvalue weighted by Crippen LogP contribution is -2.62. The number of halogens is 13. The highest BCUT2D eigenvalue weighted by Crippen LogP contribution is 2.54. The number of amidine groups is 1. The highest BCUT2D eigenvalue weighted by Gasteiger charge is 2.64. The molecular weight excluding hydrogens is 1580 g/mol. The first-order chi connectivity index (χ1) is 51.7. The number of ether oxygens (including phenoxy) is 4. The van der Waals surface area contributed by atoms with Crippen LogP contribution in [0.2, 0.25) is 0 Å². The zero-order valence-electron chi connectivity index (χ0n) is 64.1. The number of hydrogen-bond donors (Lipinski definition) is 2. The lowest BCUT2D eigenvalue weighted by atomic mass is 9.87. The van der Waals surface area contributed by atoms with Crippen molar-refractivity contribution < 1.29 is 108 Å². The Morgan fingerprint density at radius 3 is 1.10 bits per heavy atom. The van der Waals surface area contributed by atoms with Gasteiger partial charge in [-0.2, -0.15) is 17.6 Å². The third kappa shape index (κ3) is 18.0. The van der Waals surface area contributed by atoms with E-state index in [4.69, 9.17) is 20.9 Å². The Labute approximate surface area is 644 Å². The van der Waals surface area contributed by atoms with Crippen molar-refractivity contribution in [1.29, 1.82) is 0 Å². The molecule has 0 aliphatic carbocycles. The summed E-state index contributed by atoms with van der Waals surface area (Å²) in [6.07, 6.45) is -2.32. The van der Waals surface area contributed by atoms with E-state index in [0.29, 0.717) is 0 Å². The van der Waals surface area contributed by atoms with E-state index in [2.05, 4.69) is 62.5 Å². The number of alkyl halides is 10. The van der Waals surface area contributed by atoms with Gasteiger partial charge in [0, 0.05) is 42.1 Å². The van der Waals surface area contributed by atoms with Crippen LogP contribution in [0.3, 0.4) is 0 Å². The molecule has 0 radical (unpaired) electrons. The molecule has 113 heavy (non-hydrogen) atoms. The predicted molar refractivity (Wildman–Crippen MR) is 393 cm³/mol. The van der Waals surface area contributed by atoms with Crippen LogP contribution in [-0.2, 0) is 77.7 Å². The predicted octanol–water partition coefficient (Wildman–Crippen LogP) is 13.4. The maximum Gasteiger partial charge on any atom is 0.387 e. The highest BCUT2D eigenvalue weighted by molar-refractivity contribution is 7.97. The van der Waals surface area contributed by atoms with Crippen LogP contribution in [0.4, 0.5) is 62.9 Å². The molecule has 0 saturated carbocycles. The number of rotatable bonds is 17. The molecule has 11 heterocycles. The lowest BCUT2D eigenvalue weighted by molar-refractivity contribution is -0.154. The molecule has 0 amide bonds. The van der Waals surface area contributed by atoms with Gasteiger partial charge in [0.25, 0.3) is 17.8 Å². The van der Waals surface area contributed by atoms with Gasteiger partial charge in [-0.15, -0.1) is 0 Å². The standard InChI is InChI=1S/C29H33F5N4O5S.C23H24F5N5O3S.C21H29F3N4O3S/c1-26(2,3)43-23(40)12-21-27(4,5)44(41)22(13-29(33,34)15-36-44)28(6,38-21)24-18(30)9-7-16(37-24)11-20(39)19-10-8-17(14-35-19)42-25(31)32;1-21(2)19(29)33-22(3,17-9-23(27,28)11-31-37(17,21)35)18-14(24)6-4-12(32-18)8-16(34)15-7-5-13(10-30-15)36-20(25)26;1-18(2,3)31-16(29)9-13-19(4,5)32(30)14(10-21(23,24)11-26-32)20(6,28-13)17-12(22)7-8-15(25)27-17/h7-10,14,22,25H,11-13,15H2,1-6H3;4-7,10,17,20H,8-9,11H2,1-3H3,(H2,29,33);7-8,14H,9-11H2,1-6H3,(H2,25,27)/t22-,28+,44-;17-,22+,37-;14-,20+,32-/m111/s1. The van der Waals surface area contributed by atoms with Crippen molar-refractivity contribution >= 4 is 75.8 Å². The van der Waals surface area contributed by atoms with Crippen molar-refractivity contribution in [2.45, 2.75) is 238 Å². The molecular formula is C73H86F13N13O11S3. The van der Waals surface area contributed by atoms with Crippen LogP contribution in [0.15, 0.2) is 101 Å². The van der Waals surface area contributed by atoms with Gasteiger partial charge in [0.15, 0.2) is 11.6 Å². The molecule has 0 saturated heterocycles. The van der Waals surface area contributed by atoms with Gasteiger partial charge in [-0.1, -0.05) is 0 Å². The number of fused-ring (bicyclic) bond motifs is 3. The summed E-state index contributed by atoms with van der Waals surface area (Å²) in [6.45, 7) is 14.2. The SMILES string of the molecule is CC(C)(C)OC(=O)CC1=N[C@](C)(c2nc(CC(=O)c3ccc(OC(F)F)cn3)ccc2F)[C@H]2CC(F)(F)CN=[S@]2(=O)C1(C)C.CC(C)(C)OC(=O)CC1=N[C@](C)(c2nc(N)ccc2F)[C@H]2CC(F)(F)CN=[S@]2(=O)C1(C)C.CC1(C)C(N)=N[C@](C)(c2nc(CC(=O)c3ccc(OC(F)F)cn3)ccc2F)[C@H]2CC(F)(F)CN=[S@@]21=O. The van der Waals surface area contributed by atoms with Gasteiger partial charge >= 0.3 is 25.2 Å². The van der Waals surface area contributed by atoms with E-state index in [-0.39, 0.29) is 75.9 Å². The minimum absolute atomic E-state index is 0.0158. The fraction of sp³-hybridized carbons (Fsp3) is 0.562. The van der Waals surface area contributed by atoms with Gasteiger partial charge in [0.1, 0.15) is 121 Å². The minimum atomic E-state index is -3.63. The molecule has 618 valence electrons. The number of pyridine rings is 5. The summed E-state index contributed by atoms with van der Waals surface area (Å²) in [4.78, 5) is 84.8. The second-order valence-electron chi connectivity index (χ2n) is 31.9. The van der Waals surface area contributed by atoms with Crippen molar-refractivity contribution in [3.63, 3.8) is 0 Å². The molecule has 40 heteroatoms. The fourth-order valence-corrected chi connectivity index (χ4v) is 23.8. The molecule has 11 rings (SSSR count). The van der Waals surface area contributed by atoms with E-state index in [1.807, 2.05) is 0 Å². The first-order valence-corrected chi connectivity index (χ1v) is 39.8. The Kier molecular flexibility index (Phi) is 24.0. The molecule has 0 aromatic carbocycles. The van der Waals surface area contributed by atoms with Crippen molar-refractivity contribution in [2.75, 3.05) is 25.4 Å². The molecule has 0 fully saturated rings. The Morgan fingerprint density at radius 2 is 0.779 bits per heavy atom. The van der Waals surface area contributed by atoms with Crippen LogP contribution in [0.5, 0.6) is 11.5 Å². The Balaban J connectivity index is 0.000000197. The smallest absolute Gasteiger partial charge is 0.387 e. The number of aliphatic imine (C=N–C) groups is 3. The molecule has 0 bridgehead atoms. The van der Waals surface area contributed by atoms with Crippen LogP contribution in [0.1, 0.15) is 185 Å². The van der Waals surface area contributed by atoms with Crippen LogP contribution in [-0.4, -0.2) is 170 Å². The number of Topliss-reactive ketones (excluding diaryl/α,β-unsaturated/α-hetero) is 2.